The van der Waals surface area contributed by atoms with Gasteiger partial charge in [-0.25, -0.2) is 9.36 Å². The maximum atomic E-state index is 13.8. The molecule has 0 saturated carbocycles. The van der Waals surface area contributed by atoms with Crippen LogP contribution in [0.5, 0.6) is 5.75 Å². The van der Waals surface area contributed by atoms with Crippen LogP contribution in [0.25, 0.3) is 16.9 Å². The fourth-order valence-electron chi connectivity index (χ4n) is 2.42. The van der Waals surface area contributed by atoms with Gasteiger partial charge in [0.05, 0.1) is 24.7 Å². The van der Waals surface area contributed by atoms with Crippen molar-refractivity contribution < 1.29 is 18.3 Å². The van der Waals surface area contributed by atoms with Crippen LogP contribution < -0.4 is 4.74 Å². The van der Waals surface area contributed by atoms with Gasteiger partial charge in [-0.15, -0.1) is 0 Å². The summed E-state index contributed by atoms with van der Waals surface area (Å²) in [4.78, 5) is 10.8. The molecule has 0 N–H and O–H groups in total. The first-order valence-electron chi connectivity index (χ1n) is 7.11. The Bertz CT molecular complexity index is 846. The standard InChI is InChI=1S/C17H15F2N2O2P/c1-23-15-8-4-13(5-9-15)16-10-20(17(18,19)24)21(16)14-6-2-12(11-22)3-7-14/h2-11H,24H2,1H3. The molecule has 3 rings (SSSR count). The largest absolute Gasteiger partial charge is 0.497 e. The molecule has 124 valence electrons. The molecule has 3 aromatic rings. The van der Waals surface area contributed by atoms with Gasteiger partial charge in [-0.05, 0) is 57.8 Å². The number of hydrogen-bond donors (Lipinski definition) is 0. The van der Waals surface area contributed by atoms with E-state index in [0.717, 1.165) is 10.2 Å². The Hall–Kier alpha value is -2.46. The van der Waals surface area contributed by atoms with Crippen molar-refractivity contribution in [1.82, 2.24) is 9.36 Å². The van der Waals surface area contributed by atoms with E-state index < -0.39 is 5.79 Å². The third-order valence-corrected chi connectivity index (χ3v) is 3.92. The summed E-state index contributed by atoms with van der Waals surface area (Å²) in [5.74, 6) is -2.44. The van der Waals surface area contributed by atoms with Crippen LogP contribution in [0, 0.1) is 0 Å². The summed E-state index contributed by atoms with van der Waals surface area (Å²) >= 11 is 0. The van der Waals surface area contributed by atoms with Crippen LogP contribution in [-0.4, -0.2) is 22.8 Å². The lowest BCUT2D eigenvalue weighted by Gasteiger charge is -2.30. The summed E-state index contributed by atoms with van der Waals surface area (Å²) in [5, 5.41) is 0. The normalized spacial score (nSPS) is 11.5. The molecule has 0 radical (unpaired) electrons. The van der Waals surface area contributed by atoms with E-state index in [0.29, 0.717) is 29.0 Å². The fraction of sp³-hybridized carbons (Fsp3) is 0.118. The fourth-order valence-corrected chi connectivity index (χ4v) is 2.61. The van der Waals surface area contributed by atoms with Crippen LogP contribution in [0.3, 0.4) is 0 Å². The van der Waals surface area contributed by atoms with Gasteiger partial charge in [0.25, 0.3) is 0 Å². The number of hydrogen-bond acceptors (Lipinski definition) is 2. The molecule has 1 heterocycles. The van der Waals surface area contributed by atoms with Crippen molar-refractivity contribution >= 4 is 15.5 Å². The van der Waals surface area contributed by atoms with Crippen LogP contribution in [0.15, 0.2) is 54.7 Å². The Kier molecular flexibility index (Phi) is 4.24. The topological polar surface area (TPSA) is 36.2 Å². The summed E-state index contributed by atoms with van der Waals surface area (Å²) < 4.78 is 34.9. The number of nitrogens with zero attached hydrogens (tertiary/aromatic N) is 2. The zero-order valence-electron chi connectivity index (χ0n) is 12.8. The molecule has 1 unspecified atom stereocenters. The molecular formula is C17H15F2N2O2P. The number of carbonyl (C=O) groups excluding carboxylic acids is 1. The highest BCUT2D eigenvalue weighted by Gasteiger charge is 2.31. The SMILES string of the molecule is COc1ccc(-c2cn(C(F)(F)P)n2-c2ccc(C=O)cc2)cc1. The Morgan fingerprint density at radius 2 is 1.71 bits per heavy atom. The molecule has 0 spiro atoms. The Balaban J connectivity index is 2.08. The third-order valence-electron chi connectivity index (χ3n) is 3.65. The zero-order chi connectivity index (χ0) is 17.3. The molecule has 4 nitrogen and oxygen atoms in total. The van der Waals surface area contributed by atoms with Crippen LogP contribution in [0.2, 0.25) is 0 Å². The van der Waals surface area contributed by atoms with E-state index in [4.69, 9.17) is 4.74 Å². The van der Waals surface area contributed by atoms with Crippen LogP contribution in [0.4, 0.5) is 8.78 Å². The minimum atomic E-state index is -3.13. The number of carbonyl (C=O) groups is 1. The van der Waals surface area contributed by atoms with Gasteiger partial charge < -0.3 is 4.74 Å². The van der Waals surface area contributed by atoms with E-state index in [2.05, 4.69) is 0 Å². The maximum absolute atomic E-state index is 13.8. The van der Waals surface area contributed by atoms with Gasteiger partial charge in [-0.1, -0.05) is 0 Å². The van der Waals surface area contributed by atoms with Crippen molar-refractivity contribution in [2.24, 2.45) is 0 Å². The summed E-state index contributed by atoms with van der Waals surface area (Å²) in [6, 6.07) is 13.6. The van der Waals surface area contributed by atoms with Crippen LogP contribution in [0.1, 0.15) is 10.4 Å². The molecule has 0 fully saturated rings. The number of ether oxygens (including phenoxy) is 1. The average molecular weight is 348 g/mol. The lowest BCUT2D eigenvalue weighted by atomic mass is 10.1. The minimum Gasteiger partial charge on any atom is -0.497 e. The van der Waals surface area contributed by atoms with Crippen molar-refractivity contribution in [2.75, 3.05) is 7.11 Å². The summed E-state index contributed by atoms with van der Waals surface area (Å²) in [6.07, 6.45) is 2.09. The first kappa shape index (κ1) is 16.4. The number of aromatic nitrogens is 2. The second kappa shape index (κ2) is 6.21. The van der Waals surface area contributed by atoms with Gasteiger partial charge in [0.1, 0.15) is 12.0 Å². The monoisotopic (exact) mass is 348 g/mol. The highest BCUT2D eigenvalue weighted by atomic mass is 31.0. The molecule has 0 aliphatic rings. The third kappa shape index (κ3) is 2.97. The smallest absolute Gasteiger partial charge is 0.353 e. The van der Waals surface area contributed by atoms with Gasteiger partial charge >= 0.3 is 5.79 Å². The zero-order valence-corrected chi connectivity index (χ0v) is 14.0. The van der Waals surface area contributed by atoms with Crippen molar-refractivity contribution in [3.63, 3.8) is 0 Å². The van der Waals surface area contributed by atoms with E-state index in [1.165, 1.54) is 20.1 Å². The average Bonchev–Trinajstić information content (AvgIpc) is 2.54. The molecule has 2 aromatic carbocycles. The summed E-state index contributed by atoms with van der Waals surface area (Å²) in [7, 11) is 3.08. The number of aldehydes is 1. The van der Waals surface area contributed by atoms with Crippen molar-refractivity contribution in [2.45, 2.75) is 5.79 Å². The second-order valence-corrected chi connectivity index (χ2v) is 5.89. The number of methoxy groups -OCH3 is 1. The Morgan fingerprint density at radius 3 is 2.21 bits per heavy atom. The number of rotatable bonds is 5. The minimum absolute atomic E-state index is 0.485. The molecule has 0 bridgehead atoms. The summed E-state index contributed by atoms with van der Waals surface area (Å²) in [6.45, 7) is 0. The van der Waals surface area contributed by atoms with Gasteiger partial charge in [0, 0.05) is 11.1 Å². The molecule has 0 aliphatic heterocycles. The van der Waals surface area contributed by atoms with E-state index in [1.807, 2.05) is 0 Å². The molecule has 0 aliphatic carbocycles. The van der Waals surface area contributed by atoms with Crippen molar-refractivity contribution in [3.8, 4) is 22.7 Å². The van der Waals surface area contributed by atoms with E-state index in [-0.39, 0.29) is 0 Å². The van der Waals surface area contributed by atoms with Gasteiger partial charge in [0.15, 0.2) is 0 Å². The molecule has 0 saturated heterocycles. The quantitative estimate of drug-likeness (QED) is 0.513. The Labute approximate surface area is 139 Å². The van der Waals surface area contributed by atoms with E-state index in [9.17, 15) is 13.6 Å². The molecule has 7 heteroatoms. The molecule has 1 aromatic heterocycles. The van der Waals surface area contributed by atoms with E-state index >= 15 is 0 Å². The lowest BCUT2D eigenvalue weighted by Crippen LogP contribution is -2.30. The van der Waals surface area contributed by atoms with Gasteiger partial charge in [0.2, 0.25) is 0 Å². The predicted octanol–water partition coefficient (Wildman–Crippen LogP) is 4.15. The second-order valence-electron chi connectivity index (χ2n) is 5.20. The molecular weight excluding hydrogens is 333 g/mol. The molecule has 1 atom stereocenters. The number of halogens is 2. The first-order chi connectivity index (χ1) is 11.4. The highest BCUT2D eigenvalue weighted by molar-refractivity contribution is 7.17. The van der Waals surface area contributed by atoms with Gasteiger partial charge in [-0.3, -0.25) is 4.79 Å². The molecule has 0 amide bonds. The lowest BCUT2D eigenvalue weighted by molar-refractivity contribution is -0.00357. The predicted molar refractivity (Wildman–Crippen MR) is 91.0 cm³/mol. The highest BCUT2D eigenvalue weighted by Crippen LogP contribution is 2.36. The van der Waals surface area contributed by atoms with Crippen LogP contribution >= 0.6 is 9.24 Å². The molecule has 24 heavy (non-hydrogen) atoms. The maximum Gasteiger partial charge on any atom is 0.353 e. The van der Waals surface area contributed by atoms with Crippen LogP contribution in [-0.2, 0) is 5.79 Å². The van der Waals surface area contributed by atoms with Gasteiger partial charge in [-0.2, -0.15) is 8.78 Å². The number of alkyl halides is 2. The number of benzene rings is 2. The summed E-state index contributed by atoms with van der Waals surface area (Å²) in [5.41, 5.74) is 2.42. The van der Waals surface area contributed by atoms with Crippen molar-refractivity contribution in [3.05, 3.63) is 60.3 Å². The van der Waals surface area contributed by atoms with E-state index in [1.54, 1.807) is 55.6 Å². The van der Waals surface area contributed by atoms with Crippen molar-refractivity contribution in [1.29, 1.82) is 0 Å². The Morgan fingerprint density at radius 1 is 1.08 bits per heavy atom. The first-order valence-corrected chi connectivity index (χ1v) is 7.69.